The molecule has 0 spiro atoms. The average Bonchev–Trinajstić information content (AvgIpc) is 2.33. The Balaban J connectivity index is 4.74. The van der Waals surface area contributed by atoms with E-state index in [2.05, 4.69) is 34.6 Å². The maximum Gasteiger partial charge on any atom is 0.194 e. The highest BCUT2D eigenvalue weighted by atomic mass is 35.5. The lowest BCUT2D eigenvalue weighted by atomic mass is 10.9. The zero-order valence-electron chi connectivity index (χ0n) is 11.0. The zero-order chi connectivity index (χ0) is 11.9. The Bertz CT molecular complexity index is 133. The normalized spacial score (nSPS) is 13.2. The molecule has 0 aromatic rings. The predicted octanol–water partition coefficient (Wildman–Crippen LogP) is 4.77. The van der Waals surface area contributed by atoms with E-state index >= 15 is 0 Å². The fourth-order valence-electron chi connectivity index (χ4n) is 2.04. The van der Waals surface area contributed by atoms with Crippen LogP contribution in [-0.2, 0) is 4.12 Å². The number of hydrogen-bond acceptors (Lipinski definition) is 1. The van der Waals surface area contributed by atoms with Gasteiger partial charge in [-0.1, -0.05) is 34.6 Å². The third kappa shape index (κ3) is 3.88. The van der Waals surface area contributed by atoms with E-state index in [9.17, 15) is 0 Å². The average molecular weight is 267 g/mol. The Labute approximate surface area is 103 Å². The van der Waals surface area contributed by atoms with Gasteiger partial charge in [0, 0.05) is 5.50 Å². The molecule has 0 radical (unpaired) electrons. The summed E-state index contributed by atoms with van der Waals surface area (Å²) in [5, 5.41) is 0. The van der Waals surface area contributed by atoms with Crippen LogP contribution in [0.4, 0.5) is 0 Å². The van der Waals surface area contributed by atoms with Gasteiger partial charge in [-0.05, 0) is 30.2 Å². The van der Waals surface area contributed by atoms with Gasteiger partial charge in [-0.15, -0.1) is 11.6 Å². The van der Waals surface area contributed by atoms with Gasteiger partial charge in [-0.2, -0.15) is 0 Å². The molecule has 0 saturated heterocycles. The molecule has 0 bridgehead atoms. The lowest BCUT2D eigenvalue weighted by Gasteiger charge is -2.39. The summed E-state index contributed by atoms with van der Waals surface area (Å²) in [5.74, 6) is 0. The summed E-state index contributed by atoms with van der Waals surface area (Å²) < 4.78 is 6.67. The molecule has 92 valence electrons. The van der Waals surface area contributed by atoms with E-state index < -0.39 is 16.6 Å². The first kappa shape index (κ1) is 15.7. The predicted molar refractivity (Wildman–Crippen MR) is 75.7 cm³/mol. The zero-order valence-corrected chi connectivity index (χ0v) is 13.8. The van der Waals surface area contributed by atoms with Gasteiger partial charge in [-0.3, -0.25) is 0 Å². The largest absolute Gasteiger partial charge is 0.454 e. The van der Waals surface area contributed by atoms with Crippen LogP contribution in [0.5, 0.6) is 0 Å². The molecule has 1 nitrogen and oxygen atoms in total. The van der Waals surface area contributed by atoms with Crippen molar-refractivity contribution in [1.29, 1.82) is 0 Å². The highest BCUT2D eigenvalue weighted by Crippen LogP contribution is 2.30. The molecule has 0 aliphatic rings. The van der Waals surface area contributed by atoms with Gasteiger partial charge in [0.05, 0.1) is 0 Å². The van der Waals surface area contributed by atoms with E-state index in [1.807, 2.05) is 0 Å². The Morgan fingerprint density at radius 1 is 0.733 bits per heavy atom. The molecular weight excluding hydrogens is 240 g/mol. The van der Waals surface area contributed by atoms with Crippen molar-refractivity contribution in [3.8, 4) is 0 Å². The summed E-state index contributed by atoms with van der Waals surface area (Å²) in [6.45, 7) is 11.4. The molecule has 0 saturated carbocycles. The molecule has 0 aliphatic carbocycles. The quantitative estimate of drug-likeness (QED) is 0.454. The monoisotopic (exact) mass is 266 g/mol. The summed E-state index contributed by atoms with van der Waals surface area (Å²) in [4.78, 5) is 0. The summed E-state index contributed by atoms with van der Waals surface area (Å²) in [5.41, 5.74) is 0.773. The highest BCUT2D eigenvalue weighted by Gasteiger charge is 2.39. The third-order valence-corrected chi connectivity index (χ3v) is 15.8. The first-order valence-electron chi connectivity index (χ1n) is 6.33. The minimum Gasteiger partial charge on any atom is -0.454 e. The van der Waals surface area contributed by atoms with Gasteiger partial charge >= 0.3 is 0 Å². The SMILES string of the molecule is CC[Si](CC)(CC)O[Si](CC)(CC)CCl. The second-order valence-electron chi connectivity index (χ2n) is 4.37. The summed E-state index contributed by atoms with van der Waals surface area (Å²) in [7, 11) is -3.03. The van der Waals surface area contributed by atoms with Crippen molar-refractivity contribution in [2.45, 2.75) is 64.8 Å². The van der Waals surface area contributed by atoms with E-state index in [0.717, 1.165) is 5.50 Å². The Morgan fingerprint density at radius 2 is 1.07 bits per heavy atom. The van der Waals surface area contributed by atoms with Gasteiger partial charge in [0.15, 0.2) is 16.6 Å². The Hall–Kier alpha value is 0.684. The van der Waals surface area contributed by atoms with Crippen LogP contribution in [-0.4, -0.2) is 22.1 Å². The minimum atomic E-state index is -1.59. The summed E-state index contributed by atoms with van der Waals surface area (Å²) in [6, 6.07) is 6.06. The van der Waals surface area contributed by atoms with Crippen molar-refractivity contribution in [3.05, 3.63) is 0 Å². The standard InChI is InChI=1S/C11H27ClOSi2/c1-6-14(7-2,8-3)13-15(9-4,10-5)11-12/h6-11H2,1-5H3. The molecule has 0 fully saturated rings. The Morgan fingerprint density at radius 3 is 1.27 bits per heavy atom. The number of rotatable bonds is 8. The molecule has 0 aromatic heterocycles. The maximum absolute atomic E-state index is 6.67. The molecule has 0 aromatic carbocycles. The van der Waals surface area contributed by atoms with E-state index in [4.69, 9.17) is 15.7 Å². The smallest absolute Gasteiger partial charge is 0.194 e. The number of halogens is 1. The molecule has 15 heavy (non-hydrogen) atoms. The topological polar surface area (TPSA) is 9.23 Å². The lowest BCUT2D eigenvalue weighted by Crippen LogP contribution is -2.51. The third-order valence-electron chi connectivity index (χ3n) is 3.90. The van der Waals surface area contributed by atoms with Crippen molar-refractivity contribution in [2.75, 3.05) is 5.50 Å². The molecule has 4 heteroatoms. The summed E-state index contributed by atoms with van der Waals surface area (Å²) >= 11 is 6.16. The van der Waals surface area contributed by atoms with Crippen LogP contribution in [0.3, 0.4) is 0 Å². The molecule has 0 atom stereocenters. The summed E-state index contributed by atoms with van der Waals surface area (Å²) in [6.07, 6.45) is 0. The molecule has 0 aliphatic heterocycles. The number of hydrogen-bond donors (Lipinski definition) is 0. The van der Waals surface area contributed by atoms with Crippen molar-refractivity contribution in [2.24, 2.45) is 0 Å². The lowest BCUT2D eigenvalue weighted by molar-refractivity contribution is 0.515. The first-order chi connectivity index (χ1) is 7.07. The molecule has 0 rings (SSSR count). The maximum atomic E-state index is 6.67. The van der Waals surface area contributed by atoms with Crippen LogP contribution >= 0.6 is 11.6 Å². The van der Waals surface area contributed by atoms with Crippen molar-refractivity contribution < 1.29 is 4.12 Å². The van der Waals surface area contributed by atoms with Crippen LogP contribution < -0.4 is 0 Å². The van der Waals surface area contributed by atoms with Crippen molar-refractivity contribution in [3.63, 3.8) is 0 Å². The first-order valence-corrected chi connectivity index (χ1v) is 11.9. The van der Waals surface area contributed by atoms with Gasteiger partial charge in [0.2, 0.25) is 0 Å². The van der Waals surface area contributed by atoms with Gasteiger partial charge < -0.3 is 4.12 Å². The number of alkyl halides is 1. The fraction of sp³-hybridized carbons (Fsp3) is 1.00. The Kier molecular flexibility index (Phi) is 7.42. The van der Waals surface area contributed by atoms with Crippen molar-refractivity contribution >= 4 is 28.2 Å². The van der Waals surface area contributed by atoms with Crippen LogP contribution in [0.15, 0.2) is 0 Å². The van der Waals surface area contributed by atoms with Crippen LogP contribution in [0, 0.1) is 0 Å². The second kappa shape index (κ2) is 7.10. The van der Waals surface area contributed by atoms with E-state index in [-0.39, 0.29) is 0 Å². The molecule has 0 heterocycles. The van der Waals surface area contributed by atoms with Gasteiger partial charge in [-0.25, -0.2) is 0 Å². The van der Waals surface area contributed by atoms with Crippen molar-refractivity contribution in [1.82, 2.24) is 0 Å². The van der Waals surface area contributed by atoms with Crippen LogP contribution in [0.1, 0.15) is 34.6 Å². The molecular formula is C11H27ClOSi2. The molecule has 0 unspecified atom stereocenters. The molecule has 0 N–H and O–H groups in total. The van der Waals surface area contributed by atoms with Gasteiger partial charge in [0.1, 0.15) is 0 Å². The van der Waals surface area contributed by atoms with E-state index in [1.54, 1.807) is 0 Å². The van der Waals surface area contributed by atoms with Gasteiger partial charge in [0.25, 0.3) is 0 Å². The highest BCUT2D eigenvalue weighted by molar-refractivity contribution is 6.89. The van der Waals surface area contributed by atoms with E-state index in [0.29, 0.717) is 0 Å². The second-order valence-corrected chi connectivity index (χ2v) is 14.5. The molecule has 0 amide bonds. The minimum absolute atomic E-state index is 0.773. The van der Waals surface area contributed by atoms with E-state index in [1.165, 1.54) is 30.2 Å². The fourth-order valence-corrected chi connectivity index (χ4v) is 12.8. The van der Waals surface area contributed by atoms with Crippen LogP contribution in [0.2, 0.25) is 30.2 Å². The van der Waals surface area contributed by atoms with Crippen LogP contribution in [0.25, 0.3) is 0 Å².